The van der Waals surface area contributed by atoms with Crippen molar-refractivity contribution in [3.05, 3.63) is 90.5 Å². The molecule has 3 rings (SSSR count). The van der Waals surface area contributed by atoms with Crippen LogP contribution in [0.4, 0.5) is 8.78 Å². The first-order chi connectivity index (χ1) is 12.1. The van der Waals surface area contributed by atoms with Crippen LogP contribution in [0.1, 0.15) is 0 Å². The summed E-state index contributed by atoms with van der Waals surface area (Å²) >= 11 is 0. The van der Waals surface area contributed by atoms with Gasteiger partial charge in [-0.05, 0) is 36.4 Å². The maximum atomic E-state index is 13.9. The van der Waals surface area contributed by atoms with Gasteiger partial charge in [-0.2, -0.15) is 4.39 Å². The Hall–Kier alpha value is -2.90. The predicted molar refractivity (Wildman–Crippen MR) is 89.1 cm³/mol. The van der Waals surface area contributed by atoms with Gasteiger partial charge in [0.25, 0.3) is 0 Å². The smallest absolute Gasteiger partial charge is 0.462 e. The first kappa shape index (κ1) is 16.9. The summed E-state index contributed by atoms with van der Waals surface area (Å²) < 4.78 is 43.5. The fourth-order valence-electron chi connectivity index (χ4n) is 2.04. The van der Waals surface area contributed by atoms with Crippen LogP contribution in [0.3, 0.4) is 0 Å². The van der Waals surface area contributed by atoms with Crippen molar-refractivity contribution in [2.45, 2.75) is 0 Å². The summed E-state index contributed by atoms with van der Waals surface area (Å²) in [7, 11) is -4.43. The van der Waals surface area contributed by atoms with Gasteiger partial charge in [-0.1, -0.05) is 42.5 Å². The van der Waals surface area contributed by atoms with Gasteiger partial charge < -0.3 is 18.1 Å². The number of rotatable bonds is 6. The highest BCUT2D eigenvalue weighted by Crippen LogP contribution is 2.25. The van der Waals surface area contributed by atoms with Crippen molar-refractivity contribution in [3.8, 4) is 17.2 Å². The molecule has 1 N–H and O–H groups in total. The third kappa shape index (κ3) is 4.34. The van der Waals surface area contributed by atoms with E-state index in [1.807, 2.05) is 0 Å². The van der Waals surface area contributed by atoms with Gasteiger partial charge in [0.15, 0.2) is 17.4 Å². The monoisotopic (exact) mass is 360 g/mol. The fraction of sp³-hybridized carbons (Fsp3) is 0. The topological polar surface area (TPSA) is 47.9 Å². The van der Waals surface area contributed by atoms with Crippen molar-refractivity contribution in [3.63, 3.8) is 0 Å². The molecule has 7 heteroatoms. The quantitative estimate of drug-likeness (QED) is 0.677. The van der Waals surface area contributed by atoms with E-state index < -0.39 is 26.4 Å². The largest absolute Gasteiger partial charge is 0.890 e. The normalized spacial score (nSPS) is 11.0. The summed E-state index contributed by atoms with van der Waals surface area (Å²) in [5.74, 6) is -2.30. The van der Waals surface area contributed by atoms with Crippen molar-refractivity contribution in [1.82, 2.24) is 0 Å². The number of hydrogen-bond acceptors (Lipinski definition) is 4. The SMILES string of the molecule is O[Si](Oc1ccccc1)(Oc1ccccc1)Oc1cccc(F)c1F. The van der Waals surface area contributed by atoms with Gasteiger partial charge in [0.2, 0.25) is 0 Å². The van der Waals surface area contributed by atoms with Crippen LogP contribution in [-0.2, 0) is 0 Å². The molecule has 0 aliphatic carbocycles. The van der Waals surface area contributed by atoms with E-state index in [4.69, 9.17) is 13.3 Å². The van der Waals surface area contributed by atoms with E-state index in [-0.39, 0.29) is 11.5 Å². The lowest BCUT2D eigenvalue weighted by Gasteiger charge is -2.24. The van der Waals surface area contributed by atoms with Crippen LogP contribution in [0.15, 0.2) is 78.9 Å². The van der Waals surface area contributed by atoms with Gasteiger partial charge in [-0.15, -0.1) is 0 Å². The number of benzene rings is 3. The molecule has 0 spiro atoms. The van der Waals surface area contributed by atoms with E-state index in [0.717, 1.165) is 6.07 Å². The molecule has 0 aliphatic heterocycles. The third-order valence-electron chi connectivity index (χ3n) is 3.14. The van der Waals surface area contributed by atoms with Crippen LogP contribution < -0.4 is 13.3 Å². The molecular weight excluding hydrogens is 346 g/mol. The maximum absolute atomic E-state index is 13.9. The number of hydrogen-bond donors (Lipinski definition) is 1. The molecule has 0 unspecified atom stereocenters. The first-order valence-electron chi connectivity index (χ1n) is 7.39. The highest BCUT2D eigenvalue weighted by Gasteiger charge is 2.51. The molecule has 0 radical (unpaired) electrons. The van der Waals surface area contributed by atoms with E-state index in [9.17, 15) is 13.6 Å². The van der Waals surface area contributed by atoms with Crippen LogP contribution in [0.2, 0.25) is 0 Å². The summed E-state index contributed by atoms with van der Waals surface area (Å²) in [6.07, 6.45) is 0. The van der Waals surface area contributed by atoms with Crippen molar-refractivity contribution in [2.24, 2.45) is 0 Å². The molecule has 0 bridgehead atoms. The third-order valence-corrected chi connectivity index (χ3v) is 4.60. The summed E-state index contributed by atoms with van der Waals surface area (Å²) in [4.78, 5) is 10.8. The standard InChI is InChI=1S/C18H14F2O4Si/c19-16-12-7-13-17(18(16)20)24-25(21,22-14-8-3-1-4-9-14)23-15-10-5-2-6-11-15/h1-13,21H. The molecular formula is C18H14F2O4Si. The minimum absolute atomic E-state index is 0.268. The van der Waals surface area contributed by atoms with Gasteiger partial charge >= 0.3 is 9.05 Å². The van der Waals surface area contributed by atoms with Gasteiger partial charge in [0, 0.05) is 0 Å². The highest BCUT2D eigenvalue weighted by atomic mass is 28.4. The zero-order valence-corrected chi connectivity index (χ0v) is 13.9. The van der Waals surface area contributed by atoms with E-state index in [2.05, 4.69) is 0 Å². The van der Waals surface area contributed by atoms with Gasteiger partial charge in [0.05, 0.1) is 0 Å². The summed E-state index contributed by atoms with van der Waals surface area (Å²) in [5.41, 5.74) is 0. The average molecular weight is 360 g/mol. The van der Waals surface area contributed by atoms with Crippen molar-refractivity contribution < 1.29 is 26.9 Å². The lowest BCUT2D eigenvalue weighted by Crippen LogP contribution is -2.55. The van der Waals surface area contributed by atoms with Gasteiger partial charge in [-0.3, -0.25) is 0 Å². The Bertz CT molecular complexity index is 789. The lowest BCUT2D eigenvalue weighted by molar-refractivity contribution is 0.147. The van der Waals surface area contributed by atoms with Crippen molar-refractivity contribution in [1.29, 1.82) is 0 Å². The van der Waals surface area contributed by atoms with Gasteiger partial charge in [-0.25, -0.2) is 4.39 Å². The first-order valence-corrected chi connectivity index (χ1v) is 9.06. The zero-order chi connectivity index (χ0) is 17.7. The summed E-state index contributed by atoms with van der Waals surface area (Å²) in [5, 5.41) is 0. The minimum atomic E-state index is -4.43. The van der Waals surface area contributed by atoms with Crippen LogP contribution in [0.25, 0.3) is 0 Å². The van der Waals surface area contributed by atoms with Crippen LogP contribution >= 0.6 is 0 Å². The molecule has 0 amide bonds. The maximum Gasteiger partial charge on any atom is 0.890 e. The molecule has 128 valence electrons. The van der Waals surface area contributed by atoms with Crippen LogP contribution in [0, 0.1) is 11.6 Å². The van der Waals surface area contributed by atoms with Crippen LogP contribution in [-0.4, -0.2) is 13.8 Å². The Morgan fingerprint density at radius 3 is 1.68 bits per heavy atom. The molecule has 3 aromatic carbocycles. The molecule has 3 aromatic rings. The second-order valence-electron chi connectivity index (χ2n) is 5.01. The molecule has 0 heterocycles. The van der Waals surface area contributed by atoms with Crippen molar-refractivity contribution in [2.75, 3.05) is 0 Å². The number of halogens is 2. The second kappa shape index (κ2) is 7.33. The van der Waals surface area contributed by atoms with E-state index in [1.165, 1.54) is 12.1 Å². The average Bonchev–Trinajstić information content (AvgIpc) is 2.60. The zero-order valence-electron chi connectivity index (χ0n) is 12.9. The molecule has 0 atom stereocenters. The van der Waals surface area contributed by atoms with E-state index in [0.29, 0.717) is 0 Å². The van der Waals surface area contributed by atoms with Crippen molar-refractivity contribution >= 4 is 9.05 Å². The van der Waals surface area contributed by atoms with E-state index >= 15 is 0 Å². The molecule has 0 saturated heterocycles. The molecule has 0 aliphatic rings. The minimum Gasteiger partial charge on any atom is -0.462 e. The summed E-state index contributed by atoms with van der Waals surface area (Å²) in [6, 6.07) is 20.0. The highest BCUT2D eigenvalue weighted by molar-refractivity contribution is 6.54. The Morgan fingerprint density at radius 1 is 0.640 bits per heavy atom. The van der Waals surface area contributed by atoms with Crippen LogP contribution in [0.5, 0.6) is 17.2 Å². The summed E-state index contributed by atoms with van der Waals surface area (Å²) in [6.45, 7) is 0. The molecule has 0 fully saturated rings. The number of para-hydroxylation sites is 2. The van der Waals surface area contributed by atoms with E-state index in [1.54, 1.807) is 60.7 Å². The molecule has 0 aromatic heterocycles. The second-order valence-corrected chi connectivity index (χ2v) is 6.67. The Morgan fingerprint density at radius 2 is 1.16 bits per heavy atom. The fourth-order valence-corrected chi connectivity index (χ4v) is 3.47. The molecule has 25 heavy (non-hydrogen) atoms. The Labute approximate surface area is 144 Å². The molecule has 4 nitrogen and oxygen atoms in total. The predicted octanol–water partition coefficient (Wildman–Crippen LogP) is 3.93. The Balaban J connectivity index is 1.91. The van der Waals surface area contributed by atoms with Gasteiger partial charge in [0.1, 0.15) is 11.5 Å². The molecule has 0 saturated carbocycles. The lowest BCUT2D eigenvalue weighted by atomic mass is 10.3. The Kier molecular flexibility index (Phi) is 4.97.